The van der Waals surface area contributed by atoms with E-state index >= 15 is 0 Å². The number of para-hydroxylation sites is 1. The summed E-state index contributed by atoms with van der Waals surface area (Å²) in [6.45, 7) is 4.54. The van der Waals surface area contributed by atoms with Crippen molar-refractivity contribution in [2.24, 2.45) is 15.7 Å². The Morgan fingerprint density at radius 1 is 1.18 bits per heavy atom. The van der Waals surface area contributed by atoms with Crippen molar-refractivity contribution in [2.45, 2.75) is 50.9 Å². The number of benzene rings is 2. The number of amides is 1. The van der Waals surface area contributed by atoms with Gasteiger partial charge in [0.25, 0.3) is 11.9 Å². The van der Waals surface area contributed by atoms with Gasteiger partial charge in [0.15, 0.2) is 5.69 Å². The Morgan fingerprint density at radius 2 is 1.86 bits per heavy atom. The Morgan fingerprint density at radius 3 is 2.50 bits per heavy atom. The van der Waals surface area contributed by atoms with E-state index in [2.05, 4.69) is 25.6 Å². The van der Waals surface area contributed by atoms with Crippen molar-refractivity contribution < 1.29 is 27.4 Å². The molecule has 2 aromatic carbocycles. The summed E-state index contributed by atoms with van der Waals surface area (Å²) in [5.74, 6) is -1.21. The SMILES string of the molecule is CC.COCCNc1sc(C2(C(F)(F)F)CCC2)nc1C(=N)O/C(N)=N/C1N=C(c2ccccc2)c2ccccc2NC1=O. The second kappa shape index (κ2) is 14.0. The first-order valence-corrected chi connectivity index (χ1v) is 14.9. The van der Waals surface area contributed by atoms with Gasteiger partial charge in [-0.1, -0.05) is 80.1 Å². The number of benzodiazepines with no additional fused rings is 1. The van der Waals surface area contributed by atoms with E-state index in [0.29, 0.717) is 23.4 Å². The number of alkyl halides is 3. The molecule has 1 amide bonds. The number of methoxy groups -OCH3 is 1. The standard InChI is InChI=1S/C28H28F3N7O3S.C2H6/c1-40-15-14-34-24-20(37-25(42-24)27(12-7-13-27)28(29,30)31)21(32)41-26(33)38-22-23(39)35-18-11-6-5-10-17(18)19(36-22)16-8-3-2-4-9-16;1-2/h2-6,8-11,22,32,34H,7,12-15H2,1H3,(H2,33,38)(H,35,39);1-2H3. The summed E-state index contributed by atoms with van der Waals surface area (Å²) in [6, 6.07) is 15.8. The number of anilines is 2. The van der Waals surface area contributed by atoms with Gasteiger partial charge in [-0.3, -0.25) is 10.2 Å². The molecule has 3 aromatic rings. The summed E-state index contributed by atoms with van der Waals surface area (Å²) in [7, 11) is 1.49. The van der Waals surface area contributed by atoms with Gasteiger partial charge in [0.1, 0.15) is 15.4 Å². The van der Waals surface area contributed by atoms with E-state index in [-0.39, 0.29) is 41.7 Å². The summed E-state index contributed by atoms with van der Waals surface area (Å²) in [6.07, 6.45) is -5.60. The number of nitrogens with one attached hydrogen (secondary N) is 3. The van der Waals surface area contributed by atoms with Crippen molar-refractivity contribution >= 4 is 45.6 Å². The van der Waals surface area contributed by atoms with Crippen LogP contribution in [0.25, 0.3) is 0 Å². The number of amidine groups is 1. The van der Waals surface area contributed by atoms with Crippen molar-refractivity contribution in [1.82, 2.24) is 4.98 Å². The van der Waals surface area contributed by atoms with Gasteiger partial charge in [-0.15, -0.1) is 0 Å². The minimum atomic E-state index is -4.49. The number of aliphatic imine (C=N–C) groups is 2. The zero-order valence-electron chi connectivity index (χ0n) is 24.5. The number of hydrogen-bond acceptors (Lipinski definition) is 9. The Balaban J connectivity index is 0.00000216. The summed E-state index contributed by atoms with van der Waals surface area (Å²) in [5, 5.41) is 14.3. The van der Waals surface area contributed by atoms with E-state index in [0.717, 1.165) is 16.9 Å². The van der Waals surface area contributed by atoms with Gasteiger partial charge in [0, 0.05) is 24.8 Å². The van der Waals surface area contributed by atoms with Gasteiger partial charge in [-0.25, -0.2) is 9.98 Å². The van der Waals surface area contributed by atoms with E-state index in [9.17, 15) is 18.0 Å². The first-order valence-electron chi connectivity index (χ1n) is 14.1. The molecule has 14 heteroatoms. The Hall–Kier alpha value is -4.30. The number of fused-ring (bicyclic) bond motifs is 1. The Bertz CT molecular complexity index is 1540. The predicted molar refractivity (Wildman–Crippen MR) is 166 cm³/mol. The van der Waals surface area contributed by atoms with Gasteiger partial charge in [0.2, 0.25) is 12.1 Å². The molecule has 10 nitrogen and oxygen atoms in total. The van der Waals surface area contributed by atoms with Crippen LogP contribution in [-0.2, 0) is 19.7 Å². The molecule has 1 fully saturated rings. The van der Waals surface area contributed by atoms with Gasteiger partial charge in [-0.05, 0) is 18.9 Å². The molecule has 1 aliphatic carbocycles. The lowest BCUT2D eigenvalue weighted by Gasteiger charge is -2.41. The molecule has 0 radical (unpaired) electrons. The molecule has 5 rings (SSSR count). The third-order valence-electron chi connectivity index (χ3n) is 7.02. The molecule has 1 unspecified atom stereocenters. The number of nitrogens with zero attached hydrogens (tertiary/aromatic N) is 3. The third-order valence-corrected chi connectivity index (χ3v) is 8.24. The van der Waals surface area contributed by atoms with E-state index in [1.54, 1.807) is 12.1 Å². The van der Waals surface area contributed by atoms with Crippen molar-refractivity contribution in [3.8, 4) is 0 Å². The largest absolute Gasteiger partial charge is 0.405 e. The third kappa shape index (κ3) is 6.76. The molecular weight excluding hydrogens is 595 g/mol. The van der Waals surface area contributed by atoms with E-state index < -0.39 is 35.6 Å². The fourth-order valence-electron chi connectivity index (χ4n) is 4.67. The van der Waals surface area contributed by atoms with Crippen LogP contribution in [0.5, 0.6) is 0 Å². The first-order chi connectivity index (χ1) is 21.1. The Labute approximate surface area is 257 Å². The highest BCUT2D eigenvalue weighted by molar-refractivity contribution is 7.16. The zero-order chi connectivity index (χ0) is 31.9. The number of rotatable bonds is 8. The van der Waals surface area contributed by atoms with Gasteiger partial charge < -0.3 is 25.8 Å². The quantitative estimate of drug-likeness (QED) is 0.143. The maximum absolute atomic E-state index is 14.0. The molecule has 0 saturated heterocycles. The highest BCUT2D eigenvalue weighted by Crippen LogP contribution is 2.56. The first kappa shape index (κ1) is 32.6. The smallest absolute Gasteiger partial charge is 0.400 e. The maximum atomic E-state index is 14.0. The number of ether oxygens (including phenoxy) is 2. The number of nitrogens with two attached hydrogens (primary N) is 1. The fourth-order valence-corrected chi connectivity index (χ4v) is 5.93. The molecule has 1 saturated carbocycles. The number of carbonyl (C=O) groups is 1. The van der Waals surface area contributed by atoms with Crippen LogP contribution in [0.1, 0.15) is 54.9 Å². The summed E-state index contributed by atoms with van der Waals surface area (Å²) < 4.78 is 52.5. The molecule has 1 aromatic heterocycles. The highest BCUT2D eigenvalue weighted by Gasteiger charge is 2.61. The lowest BCUT2D eigenvalue weighted by atomic mass is 9.68. The summed E-state index contributed by atoms with van der Waals surface area (Å²) in [4.78, 5) is 25.9. The van der Waals surface area contributed by atoms with Crippen LogP contribution in [0.4, 0.5) is 23.9 Å². The lowest BCUT2D eigenvalue weighted by molar-refractivity contribution is -0.212. The van der Waals surface area contributed by atoms with Gasteiger partial charge >= 0.3 is 6.18 Å². The number of carbonyl (C=O) groups excluding carboxylic acids is 1. The second-order valence-electron chi connectivity index (χ2n) is 9.70. The molecular formula is C30H34F3N7O3S. The number of hydrogen-bond donors (Lipinski definition) is 4. The van der Waals surface area contributed by atoms with Crippen molar-refractivity contribution in [2.75, 3.05) is 30.9 Å². The molecule has 1 aliphatic heterocycles. The molecule has 44 heavy (non-hydrogen) atoms. The molecule has 0 bridgehead atoms. The molecule has 2 heterocycles. The van der Waals surface area contributed by atoms with Crippen LogP contribution in [0.2, 0.25) is 0 Å². The molecule has 2 aliphatic rings. The average molecular weight is 630 g/mol. The number of aromatic nitrogens is 1. The van der Waals surface area contributed by atoms with Crippen LogP contribution in [0.3, 0.4) is 0 Å². The number of halogens is 3. The molecule has 1 atom stereocenters. The normalized spacial score (nSPS) is 17.5. The maximum Gasteiger partial charge on any atom is 0.400 e. The molecule has 234 valence electrons. The average Bonchev–Trinajstić information content (AvgIpc) is 3.33. The van der Waals surface area contributed by atoms with Crippen LogP contribution >= 0.6 is 11.3 Å². The Kier molecular flexibility index (Phi) is 10.4. The summed E-state index contributed by atoms with van der Waals surface area (Å²) >= 11 is 0.819. The highest BCUT2D eigenvalue weighted by atomic mass is 32.1. The number of thiazole rings is 1. The van der Waals surface area contributed by atoms with Gasteiger partial charge in [0.05, 0.1) is 18.0 Å². The monoisotopic (exact) mass is 629 g/mol. The van der Waals surface area contributed by atoms with E-state index in [1.165, 1.54) is 7.11 Å². The van der Waals surface area contributed by atoms with Gasteiger partial charge in [-0.2, -0.15) is 18.2 Å². The van der Waals surface area contributed by atoms with Crippen molar-refractivity contribution in [1.29, 1.82) is 5.41 Å². The van der Waals surface area contributed by atoms with E-state index in [4.69, 9.17) is 20.6 Å². The molecule has 0 spiro atoms. The molecule has 5 N–H and O–H groups in total. The van der Waals surface area contributed by atoms with Crippen molar-refractivity contribution in [3.63, 3.8) is 0 Å². The second-order valence-corrected chi connectivity index (χ2v) is 10.7. The predicted octanol–water partition coefficient (Wildman–Crippen LogP) is 5.68. The van der Waals surface area contributed by atoms with Crippen LogP contribution in [0, 0.1) is 5.41 Å². The van der Waals surface area contributed by atoms with E-state index in [1.807, 2.05) is 56.3 Å². The lowest BCUT2D eigenvalue weighted by Crippen LogP contribution is -2.48. The van der Waals surface area contributed by atoms with Crippen LogP contribution in [0.15, 0.2) is 64.6 Å². The van der Waals surface area contributed by atoms with Crippen LogP contribution in [-0.4, -0.2) is 61.1 Å². The zero-order valence-corrected chi connectivity index (χ0v) is 25.3. The van der Waals surface area contributed by atoms with Crippen LogP contribution < -0.4 is 16.4 Å². The fraction of sp³-hybridized carbons (Fsp3) is 0.367. The minimum absolute atomic E-state index is 0.0836. The summed E-state index contributed by atoms with van der Waals surface area (Å²) in [5.41, 5.74) is 6.24. The van der Waals surface area contributed by atoms with Crippen molar-refractivity contribution in [3.05, 3.63) is 76.4 Å². The minimum Gasteiger partial charge on any atom is -0.405 e. The topological polar surface area (TPSA) is 147 Å².